The van der Waals surface area contributed by atoms with Crippen LogP contribution in [0, 0.1) is 0 Å². The molecule has 0 radical (unpaired) electrons. The van der Waals surface area contributed by atoms with Crippen molar-refractivity contribution in [1.82, 2.24) is 15.5 Å². The summed E-state index contributed by atoms with van der Waals surface area (Å²) in [6.07, 6.45) is 1.61. The van der Waals surface area contributed by atoms with Gasteiger partial charge in [-0.15, -0.1) is 0 Å². The van der Waals surface area contributed by atoms with Crippen LogP contribution in [0.4, 0.5) is 4.79 Å². The van der Waals surface area contributed by atoms with Gasteiger partial charge in [-0.1, -0.05) is 66.7 Å². The maximum Gasteiger partial charge on any atom is 0.325 e. The minimum Gasteiger partial charge on any atom is -0.352 e. The van der Waals surface area contributed by atoms with Crippen molar-refractivity contribution in [3.63, 3.8) is 0 Å². The van der Waals surface area contributed by atoms with Crippen molar-refractivity contribution in [3.8, 4) is 0 Å². The second kappa shape index (κ2) is 8.83. The number of rotatable bonds is 7. The summed E-state index contributed by atoms with van der Waals surface area (Å²) >= 11 is 0. The van der Waals surface area contributed by atoms with Crippen molar-refractivity contribution < 1.29 is 14.4 Å². The molecule has 1 fully saturated rings. The molecule has 2 unspecified atom stereocenters. The predicted molar refractivity (Wildman–Crippen MR) is 124 cm³/mol. The zero-order valence-electron chi connectivity index (χ0n) is 18.3. The van der Waals surface area contributed by atoms with Crippen LogP contribution in [0.3, 0.4) is 0 Å². The molecule has 4 amide bonds. The van der Waals surface area contributed by atoms with E-state index in [9.17, 15) is 14.4 Å². The van der Waals surface area contributed by atoms with Crippen LogP contribution >= 0.6 is 0 Å². The van der Waals surface area contributed by atoms with E-state index < -0.39 is 17.5 Å². The molecule has 164 valence electrons. The Balaban J connectivity index is 1.40. The number of benzene rings is 3. The van der Waals surface area contributed by atoms with Crippen molar-refractivity contribution in [1.29, 1.82) is 0 Å². The summed E-state index contributed by atoms with van der Waals surface area (Å²) in [5, 5.41) is 7.71. The second-order valence-corrected chi connectivity index (χ2v) is 8.50. The van der Waals surface area contributed by atoms with E-state index in [1.807, 2.05) is 67.6 Å². The number of nitrogens with one attached hydrogen (secondary N) is 2. The van der Waals surface area contributed by atoms with Gasteiger partial charge in [0.1, 0.15) is 12.1 Å². The normalized spacial score (nSPS) is 19.1. The number of aryl methyl sites for hydroxylation is 1. The van der Waals surface area contributed by atoms with Crippen molar-refractivity contribution in [2.45, 2.75) is 38.3 Å². The fourth-order valence-electron chi connectivity index (χ4n) is 4.10. The summed E-state index contributed by atoms with van der Waals surface area (Å²) in [6, 6.07) is 22.9. The zero-order valence-corrected chi connectivity index (χ0v) is 18.3. The Hall–Kier alpha value is -3.67. The third-order valence-corrected chi connectivity index (χ3v) is 6.02. The van der Waals surface area contributed by atoms with Crippen LogP contribution in [0.25, 0.3) is 10.8 Å². The first-order chi connectivity index (χ1) is 15.4. The minimum atomic E-state index is -1.21. The van der Waals surface area contributed by atoms with E-state index in [-0.39, 0.29) is 18.5 Å². The molecule has 0 saturated carbocycles. The van der Waals surface area contributed by atoms with Crippen LogP contribution in [-0.2, 0) is 21.5 Å². The number of urea groups is 1. The number of imide groups is 1. The van der Waals surface area contributed by atoms with Crippen LogP contribution in [-0.4, -0.2) is 35.3 Å². The average molecular weight is 430 g/mol. The molecule has 6 nitrogen and oxygen atoms in total. The van der Waals surface area contributed by atoms with E-state index >= 15 is 0 Å². The third kappa shape index (κ3) is 4.35. The van der Waals surface area contributed by atoms with E-state index in [4.69, 9.17) is 0 Å². The van der Waals surface area contributed by atoms with Gasteiger partial charge in [-0.25, -0.2) is 4.79 Å². The largest absolute Gasteiger partial charge is 0.352 e. The molecule has 6 heteroatoms. The topological polar surface area (TPSA) is 78.5 Å². The van der Waals surface area contributed by atoms with Gasteiger partial charge in [-0.05, 0) is 54.7 Å². The van der Waals surface area contributed by atoms with Gasteiger partial charge in [0, 0.05) is 6.04 Å². The number of fused-ring (bicyclic) bond motifs is 1. The molecule has 1 heterocycles. The highest BCUT2D eigenvalue weighted by Gasteiger charge is 2.49. The Labute approximate surface area is 187 Å². The highest BCUT2D eigenvalue weighted by Crippen LogP contribution is 2.30. The molecule has 0 aliphatic carbocycles. The lowest BCUT2D eigenvalue weighted by Crippen LogP contribution is -2.45. The molecule has 0 bridgehead atoms. The van der Waals surface area contributed by atoms with E-state index in [1.54, 1.807) is 6.92 Å². The second-order valence-electron chi connectivity index (χ2n) is 8.50. The quantitative estimate of drug-likeness (QED) is 0.562. The molecular formula is C26H27N3O3. The van der Waals surface area contributed by atoms with Gasteiger partial charge in [-0.3, -0.25) is 14.5 Å². The first kappa shape index (κ1) is 21.6. The lowest BCUT2D eigenvalue weighted by molar-refractivity contribution is -0.135. The van der Waals surface area contributed by atoms with Crippen molar-refractivity contribution >= 4 is 28.6 Å². The maximum absolute atomic E-state index is 13.2. The van der Waals surface area contributed by atoms with Gasteiger partial charge in [0.2, 0.25) is 5.91 Å². The number of amides is 4. The molecule has 3 aromatic carbocycles. The van der Waals surface area contributed by atoms with Gasteiger partial charge in [0.05, 0.1) is 0 Å². The molecule has 3 aromatic rings. The summed E-state index contributed by atoms with van der Waals surface area (Å²) in [5.74, 6) is -0.776. The van der Waals surface area contributed by atoms with Gasteiger partial charge in [0.25, 0.3) is 5.91 Å². The SMILES string of the molecule is CC(CCc1ccccc1)NC(=O)CN1C(=O)NC(C)(c2ccc3ccccc3c2)C1=O. The summed E-state index contributed by atoms with van der Waals surface area (Å²) in [6.45, 7) is 3.30. The van der Waals surface area contributed by atoms with Crippen molar-refractivity contribution in [3.05, 3.63) is 83.9 Å². The highest BCUT2D eigenvalue weighted by atomic mass is 16.2. The molecule has 32 heavy (non-hydrogen) atoms. The molecule has 4 rings (SSSR count). The Kier molecular flexibility index (Phi) is 5.95. The number of hydrogen-bond donors (Lipinski definition) is 2. The van der Waals surface area contributed by atoms with Gasteiger partial charge >= 0.3 is 6.03 Å². The van der Waals surface area contributed by atoms with Crippen molar-refractivity contribution in [2.75, 3.05) is 6.54 Å². The minimum absolute atomic E-state index is 0.0738. The van der Waals surface area contributed by atoms with Gasteiger partial charge in [-0.2, -0.15) is 0 Å². The predicted octanol–water partition coefficient (Wildman–Crippen LogP) is 3.74. The lowest BCUT2D eigenvalue weighted by Gasteiger charge is -2.23. The molecule has 1 saturated heterocycles. The van der Waals surface area contributed by atoms with E-state index in [0.29, 0.717) is 5.56 Å². The molecule has 1 aliphatic rings. The Bertz CT molecular complexity index is 1160. The molecule has 0 aromatic heterocycles. The van der Waals surface area contributed by atoms with Crippen molar-refractivity contribution in [2.24, 2.45) is 0 Å². The van der Waals surface area contributed by atoms with Crippen LogP contribution in [0.15, 0.2) is 72.8 Å². The standard InChI is InChI=1S/C26H27N3O3/c1-18(12-13-19-8-4-3-5-9-19)27-23(30)17-29-24(31)26(2,28-25(29)32)22-15-14-20-10-6-7-11-21(20)16-22/h3-11,14-16,18H,12-13,17H2,1-2H3,(H,27,30)(H,28,32). The van der Waals surface area contributed by atoms with Crippen LogP contribution in [0.1, 0.15) is 31.4 Å². The summed E-state index contributed by atoms with van der Waals surface area (Å²) in [5.41, 5.74) is 0.683. The van der Waals surface area contributed by atoms with E-state index in [1.165, 1.54) is 5.56 Å². The maximum atomic E-state index is 13.2. The zero-order chi connectivity index (χ0) is 22.7. The molecule has 2 N–H and O–H groups in total. The Morgan fingerprint density at radius 3 is 2.44 bits per heavy atom. The monoisotopic (exact) mass is 429 g/mol. The average Bonchev–Trinajstić information content (AvgIpc) is 3.02. The molecule has 2 atom stereocenters. The van der Waals surface area contributed by atoms with Crippen LogP contribution in [0.5, 0.6) is 0 Å². The van der Waals surface area contributed by atoms with Gasteiger partial charge < -0.3 is 10.6 Å². The molecule has 1 aliphatic heterocycles. The van der Waals surface area contributed by atoms with E-state index in [2.05, 4.69) is 22.8 Å². The Morgan fingerprint density at radius 1 is 1.00 bits per heavy atom. The molecular weight excluding hydrogens is 402 g/mol. The first-order valence-electron chi connectivity index (χ1n) is 10.8. The summed E-state index contributed by atoms with van der Waals surface area (Å²) in [4.78, 5) is 39.3. The fourth-order valence-corrected chi connectivity index (χ4v) is 4.10. The Morgan fingerprint density at radius 2 is 1.69 bits per heavy atom. The first-order valence-corrected chi connectivity index (χ1v) is 10.8. The highest BCUT2D eigenvalue weighted by molar-refractivity contribution is 6.09. The smallest absolute Gasteiger partial charge is 0.325 e. The lowest BCUT2D eigenvalue weighted by atomic mass is 9.90. The molecule has 0 spiro atoms. The van der Waals surface area contributed by atoms with Crippen LogP contribution in [0.2, 0.25) is 0 Å². The number of hydrogen-bond acceptors (Lipinski definition) is 3. The number of carbonyl (C=O) groups is 3. The number of nitrogens with zero attached hydrogens (tertiary/aromatic N) is 1. The summed E-state index contributed by atoms with van der Waals surface area (Å²) < 4.78 is 0. The third-order valence-electron chi connectivity index (χ3n) is 6.02. The number of carbonyl (C=O) groups excluding carboxylic acids is 3. The van der Waals surface area contributed by atoms with Gasteiger partial charge in [0.15, 0.2) is 0 Å². The summed E-state index contributed by atoms with van der Waals surface area (Å²) in [7, 11) is 0. The fraction of sp³-hybridized carbons (Fsp3) is 0.269. The van der Waals surface area contributed by atoms with E-state index in [0.717, 1.165) is 28.5 Å². The van der Waals surface area contributed by atoms with Crippen LogP contribution < -0.4 is 10.6 Å².